The lowest BCUT2D eigenvalue weighted by atomic mass is 9.89. The van der Waals surface area contributed by atoms with Crippen LogP contribution in [0.2, 0.25) is 0 Å². The zero-order valence-corrected chi connectivity index (χ0v) is 11.5. The van der Waals surface area contributed by atoms with Crippen molar-refractivity contribution in [1.82, 2.24) is 0 Å². The van der Waals surface area contributed by atoms with Gasteiger partial charge >= 0.3 is 5.97 Å². The highest BCUT2D eigenvalue weighted by Gasteiger charge is 2.17. The number of unbranched alkanes of at least 4 members (excludes halogenated alkanes) is 1. The van der Waals surface area contributed by atoms with E-state index in [0.29, 0.717) is 5.75 Å². The Labute approximate surface area is 105 Å². The van der Waals surface area contributed by atoms with Gasteiger partial charge in [-0.2, -0.15) is 5.26 Å². The van der Waals surface area contributed by atoms with Gasteiger partial charge in [-0.15, -0.1) is 0 Å². The van der Waals surface area contributed by atoms with Gasteiger partial charge in [-0.05, 0) is 26.7 Å². The normalized spacial score (nSPS) is 14.9. The summed E-state index contributed by atoms with van der Waals surface area (Å²) >= 11 is 0. The van der Waals surface area contributed by atoms with Gasteiger partial charge in [0.05, 0.1) is 17.4 Å². The number of hydrogen-bond donors (Lipinski definition) is 1. The fourth-order valence-electron chi connectivity index (χ4n) is 1.32. The minimum absolute atomic E-state index is 0.219. The first-order valence-electron chi connectivity index (χ1n) is 5.77. The highest BCUT2D eigenvalue weighted by molar-refractivity contribution is 7.85. The van der Waals surface area contributed by atoms with Crippen molar-refractivity contribution in [3.05, 3.63) is 0 Å². The predicted octanol–water partition coefficient (Wildman–Crippen LogP) is 2.18. The van der Waals surface area contributed by atoms with Gasteiger partial charge < -0.3 is 5.11 Å². The number of aliphatic carboxylic acids is 1. The molecule has 0 bridgehead atoms. The van der Waals surface area contributed by atoms with E-state index >= 15 is 0 Å². The van der Waals surface area contributed by atoms with E-state index in [1.807, 2.05) is 13.8 Å². The van der Waals surface area contributed by atoms with E-state index in [0.717, 1.165) is 19.3 Å². The van der Waals surface area contributed by atoms with Crippen LogP contribution in [0.25, 0.3) is 0 Å². The van der Waals surface area contributed by atoms with Gasteiger partial charge in [0.1, 0.15) is 0 Å². The van der Waals surface area contributed by atoms with Crippen LogP contribution in [-0.2, 0) is 15.6 Å². The Morgan fingerprint density at radius 2 is 2.06 bits per heavy atom. The summed E-state index contributed by atoms with van der Waals surface area (Å²) in [6.07, 6.45) is 2.42. The Kier molecular flexibility index (Phi) is 7.05. The second-order valence-corrected chi connectivity index (χ2v) is 6.62. The molecule has 17 heavy (non-hydrogen) atoms. The monoisotopic (exact) mass is 259 g/mol. The molecule has 0 amide bonds. The van der Waals surface area contributed by atoms with Crippen LogP contribution < -0.4 is 0 Å². The lowest BCUT2D eigenvalue weighted by molar-refractivity contribution is -0.140. The van der Waals surface area contributed by atoms with Crippen molar-refractivity contribution >= 4 is 16.8 Å². The first-order valence-corrected chi connectivity index (χ1v) is 7.26. The molecule has 0 saturated heterocycles. The van der Waals surface area contributed by atoms with Crippen LogP contribution >= 0.6 is 0 Å². The van der Waals surface area contributed by atoms with Crippen LogP contribution in [0, 0.1) is 22.7 Å². The molecule has 0 aromatic heterocycles. The van der Waals surface area contributed by atoms with E-state index in [9.17, 15) is 9.00 Å². The molecular formula is C12H21NO3S. The van der Waals surface area contributed by atoms with Crippen molar-refractivity contribution in [2.24, 2.45) is 11.3 Å². The highest BCUT2D eigenvalue weighted by Crippen LogP contribution is 2.21. The van der Waals surface area contributed by atoms with Crippen molar-refractivity contribution < 1.29 is 14.1 Å². The van der Waals surface area contributed by atoms with Crippen molar-refractivity contribution in [3.8, 4) is 6.07 Å². The van der Waals surface area contributed by atoms with Crippen molar-refractivity contribution in [1.29, 1.82) is 5.26 Å². The van der Waals surface area contributed by atoms with Gasteiger partial charge in [0, 0.05) is 22.3 Å². The maximum absolute atomic E-state index is 11.5. The Balaban J connectivity index is 3.74. The standard InChI is InChI=1S/C12H21NO3S/c1-10(11(14)15)8-17(16)7-5-4-6-12(2,3)9-13/h10H,4-8H2,1-3H3,(H,14,15). The van der Waals surface area contributed by atoms with E-state index in [-0.39, 0.29) is 11.2 Å². The summed E-state index contributed by atoms with van der Waals surface area (Å²) in [7, 11) is -1.06. The van der Waals surface area contributed by atoms with E-state index in [2.05, 4.69) is 6.07 Å². The number of carbonyl (C=O) groups is 1. The molecule has 98 valence electrons. The summed E-state index contributed by atoms with van der Waals surface area (Å²) in [5.41, 5.74) is -0.324. The smallest absolute Gasteiger partial charge is 0.307 e. The minimum atomic E-state index is -1.06. The molecule has 0 spiro atoms. The van der Waals surface area contributed by atoms with Gasteiger partial charge in [0.25, 0.3) is 0 Å². The molecular weight excluding hydrogens is 238 g/mol. The summed E-state index contributed by atoms with van der Waals surface area (Å²) in [6.45, 7) is 5.34. The number of nitrogens with zero attached hydrogens (tertiary/aromatic N) is 1. The maximum atomic E-state index is 11.5. The molecule has 2 atom stereocenters. The Morgan fingerprint density at radius 3 is 2.53 bits per heavy atom. The maximum Gasteiger partial charge on any atom is 0.307 e. The number of carboxylic acid groups (broad SMARTS) is 1. The largest absolute Gasteiger partial charge is 0.481 e. The van der Waals surface area contributed by atoms with Crippen LogP contribution in [0.15, 0.2) is 0 Å². The zero-order chi connectivity index (χ0) is 13.5. The third-order valence-corrected chi connectivity index (χ3v) is 4.20. The number of nitriles is 1. The molecule has 0 heterocycles. The first-order chi connectivity index (χ1) is 7.78. The summed E-state index contributed by atoms with van der Waals surface area (Å²) in [5.74, 6) is -0.703. The predicted molar refractivity (Wildman–Crippen MR) is 67.9 cm³/mol. The zero-order valence-electron chi connectivity index (χ0n) is 10.7. The Hall–Kier alpha value is -0.890. The van der Waals surface area contributed by atoms with Crippen molar-refractivity contribution in [3.63, 3.8) is 0 Å². The van der Waals surface area contributed by atoms with Crippen LogP contribution in [0.3, 0.4) is 0 Å². The number of rotatable bonds is 8. The molecule has 0 aliphatic heterocycles. The molecule has 2 unspecified atom stereocenters. The van der Waals surface area contributed by atoms with Gasteiger partial charge in [-0.1, -0.05) is 13.3 Å². The average molecular weight is 259 g/mol. The highest BCUT2D eigenvalue weighted by atomic mass is 32.2. The van der Waals surface area contributed by atoms with Crippen molar-refractivity contribution in [2.75, 3.05) is 11.5 Å². The molecule has 0 aromatic rings. The van der Waals surface area contributed by atoms with E-state index in [1.165, 1.54) is 0 Å². The summed E-state index contributed by atoms with van der Waals surface area (Å²) in [4.78, 5) is 10.6. The second-order valence-electron chi connectivity index (χ2n) is 5.00. The Bertz CT molecular complexity index is 320. The fraction of sp³-hybridized carbons (Fsp3) is 0.833. The van der Waals surface area contributed by atoms with E-state index in [4.69, 9.17) is 10.4 Å². The molecule has 1 N–H and O–H groups in total. The van der Waals surface area contributed by atoms with Gasteiger partial charge in [-0.25, -0.2) is 0 Å². The Morgan fingerprint density at radius 1 is 1.47 bits per heavy atom. The van der Waals surface area contributed by atoms with Gasteiger partial charge in [0.15, 0.2) is 0 Å². The molecule has 0 radical (unpaired) electrons. The summed E-state index contributed by atoms with van der Waals surface area (Å²) in [5, 5.41) is 17.5. The molecule has 0 fully saturated rings. The average Bonchev–Trinajstić information content (AvgIpc) is 2.24. The molecule has 0 aromatic carbocycles. The van der Waals surface area contributed by atoms with Crippen LogP contribution in [0.1, 0.15) is 40.0 Å². The summed E-state index contributed by atoms with van der Waals surface area (Å²) in [6, 6.07) is 2.22. The molecule has 5 heteroatoms. The third-order valence-electron chi connectivity index (χ3n) is 2.58. The topological polar surface area (TPSA) is 78.2 Å². The number of carboxylic acids is 1. The second kappa shape index (κ2) is 7.44. The fourth-order valence-corrected chi connectivity index (χ4v) is 2.71. The lowest BCUT2D eigenvalue weighted by Crippen LogP contribution is -2.19. The lowest BCUT2D eigenvalue weighted by Gasteiger charge is -2.14. The third kappa shape index (κ3) is 7.92. The minimum Gasteiger partial charge on any atom is -0.481 e. The molecule has 0 saturated carbocycles. The molecule has 0 rings (SSSR count). The van der Waals surface area contributed by atoms with Crippen LogP contribution in [0.5, 0.6) is 0 Å². The quantitative estimate of drug-likeness (QED) is 0.678. The van der Waals surface area contributed by atoms with Gasteiger partial charge in [0.2, 0.25) is 0 Å². The SMILES string of the molecule is CC(CS(=O)CCCCC(C)(C)C#N)C(=O)O. The van der Waals surface area contributed by atoms with Crippen LogP contribution in [0.4, 0.5) is 0 Å². The first kappa shape index (κ1) is 16.1. The van der Waals surface area contributed by atoms with E-state index in [1.54, 1.807) is 6.92 Å². The van der Waals surface area contributed by atoms with Gasteiger partial charge in [-0.3, -0.25) is 9.00 Å². The van der Waals surface area contributed by atoms with Crippen LogP contribution in [-0.4, -0.2) is 26.8 Å². The molecule has 4 nitrogen and oxygen atoms in total. The molecule has 0 aliphatic rings. The number of hydrogen-bond acceptors (Lipinski definition) is 3. The summed E-state index contributed by atoms with van der Waals surface area (Å²) < 4.78 is 11.5. The molecule has 0 aliphatic carbocycles. The van der Waals surface area contributed by atoms with E-state index < -0.39 is 22.7 Å². The van der Waals surface area contributed by atoms with Crippen molar-refractivity contribution in [2.45, 2.75) is 40.0 Å².